The van der Waals surface area contributed by atoms with E-state index in [1.54, 1.807) is 37.4 Å². The lowest BCUT2D eigenvalue weighted by Crippen LogP contribution is -2.47. The molecule has 0 bridgehead atoms. The van der Waals surface area contributed by atoms with E-state index in [2.05, 4.69) is 15.6 Å². The predicted molar refractivity (Wildman–Crippen MR) is 122 cm³/mol. The molecular formula is C24H21N3O6S. The highest BCUT2D eigenvalue weighted by Gasteiger charge is 2.35. The highest BCUT2D eigenvalue weighted by molar-refractivity contribution is 7.99. The van der Waals surface area contributed by atoms with Crippen molar-refractivity contribution in [2.45, 2.75) is 22.9 Å². The van der Waals surface area contributed by atoms with E-state index in [1.807, 2.05) is 30.3 Å². The number of aromatic nitrogens is 1. The summed E-state index contributed by atoms with van der Waals surface area (Å²) < 4.78 is 16.0. The fraction of sp³-hybridized carbons (Fsp3) is 0.167. The summed E-state index contributed by atoms with van der Waals surface area (Å²) >= 11 is 1.32. The summed E-state index contributed by atoms with van der Waals surface area (Å²) in [6.45, 7) is 1.44. The second kappa shape index (κ2) is 10.7. The number of hydrogen-bond donors (Lipinski definition) is 2. The van der Waals surface area contributed by atoms with Gasteiger partial charge in [-0.25, -0.2) is 19.4 Å². The molecule has 9 nitrogen and oxygen atoms in total. The number of nitrogens with zero attached hydrogens (tertiary/aromatic N) is 1. The lowest BCUT2D eigenvalue weighted by Gasteiger charge is -2.27. The average Bonchev–Trinajstić information content (AvgIpc) is 3.38. The van der Waals surface area contributed by atoms with Gasteiger partial charge in [-0.15, -0.1) is 0 Å². The molecule has 1 atom stereocenters. The molecule has 0 saturated carbocycles. The molecule has 174 valence electrons. The quantitative estimate of drug-likeness (QED) is 0.468. The molecule has 0 fully saturated rings. The van der Waals surface area contributed by atoms with Gasteiger partial charge in [0.1, 0.15) is 23.4 Å². The Hall–Kier alpha value is -4.05. The van der Waals surface area contributed by atoms with E-state index >= 15 is 0 Å². The molecule has 1 aromatic carbocycles. The first kappa shape index (κ1) is 23.1. The third-order valence-corrected chi connectivity index (χ3v) is 5.80. The van der Waals surface area contributed by atoms with Crippen molar-refractivity contribution < 1.29 is 28.3 Å². The molecule has 3 heterocycles. The van der Waals surface area contributed by atoms with E-state index in [9.17, 15) is 14.4 Å². The molecule has 4 rings (SSSR count). The first-order valence-electron chi connectivity index (χ1n) is 10.4. The second-order valence-electron chi connectivity index (χ2n) is 7.01. The average molecular weight is 480 g/mol. The number of pyridine rings is 1. The summed E-state index contributed by atoms with van der Waals surface area (Å²) in [5.74, 6) is -0.968. The van der Waals surface area contributed by atoms with Gasteiger partial charge in [-0.1, -0.05) is 30.0 Å². The number of benzene rings is 1. The number of urea groups is 1. The molecule has 1 unspecified atom stereocenters. The second-order valence-corrected chi connectivity index (χ2v) is 8.07. The Morgan fingerprint density at radius 1 is 1.06 bits per heavy atom. The molecule has 2 amide bonds. The minimum absolute atomic E-state index is 0.0919. The number of esters is 2. The summed E-state index contributed by atoms with van der Waals surface area (Å²) in [5, 5.41) is 5.66. The molecule has 1 aliphatic rings. The normalized spacial score (nSPS) is 15.3. The summed E-state index contributed by atoms with van der Waals surface area (Å²) in [6, 6.07) is 14.5. The van der Waals surface area contributed by atoms with Gasteiger partial charge in [0.15, 0.2) is 0 Å². The Morgan fingerprint density at radius 3 is 2.62 bits per heavy atom. The fourth-order valence-electron chi connectivity index (χ4n) is 3.29. The van der Waals surface area contributed by atoms with Crippen molar-refractivity contribution in [1.29, 1.82) is 0 Å². The Labute approximate surface area is 199 Å². The van der Waals surface area contributed by atoms with Gasteiger partial charge in [-0.2, -0.15) is 0 Å². The number of carbonyl (C=O) groups is 3. The molecule has 1 aliphatic heterocycles. The maximum absolute atomic E-state index is 12.9. The van der Waals surface area contributed by atoms with Crippen LogP contribution in [0.4, 0.5) is 4.79 Å². The van der Waals surface area contributed by atoms with Crippen molar-refractivity contribution in [3.05, 3.63) is 89.7 Å². The SMILES string of the molecule is CCOC(=O)C1=C(COC(=O)c2cccnc2Sc2ccccc2)NC(=O)NC1c1ccco1. The number of carbonyl (C=O) groups excluding carboxylic acids is 3. The highest BCUT2D eigenvalue weighted by atomic mass is 32.2. The van der Waals surface area contributed by atoms with Crippen molar-refractivity contribution in [1.82, 2.24) is 15.6 Å². The molecule has 0 spiro atoms. The number of amides is 2. The molecule has 2 aromatic heterocycles. The van der Waals surface area contributed by atoms with Gasteiger partial charge in [0.2, 0.25) is 0 Å². The third kappa shape index (κ3) is 5.29. The van der Waals surface area contributed by atoms with Crippen molar-refractivity contribution in [3.63, 3.8) is 0 Å². The molecule has 0 aliphatic carbocycles. The van der Waals surface area contributed by atoms with Crippen LogP contribution in [0.25, 0.3) is 0 Å². The van der Waals surface area contributed by atoms with E-state index in [-0.39, 0.29) is 30.0 Å². The van der Waals surface area contributed by atoms with Gasteiger partial charge in [-0.3, -0.25) is 0 Å². The summed E-state index contributed by atoms with van der Waals surface area (Å²) in [7, 11) is 0. The van der Waals surface area contributed by atoms with Crippen LogP contribution in [0.2, 0.25) is 0 Å². The van der Waals surface area contributed by atoms with E-state index < -0.39 is 24.0 Å². The largest absolute Gasteiger partial charge is 0.467 e. The third-order valence-electron chi connectivity index (χ3n) is 4.77. The molecule has 0 saturated heterocycles. The van der Waals surface area contributed by atoms with Gasteiger partial charge in [0.05, 0.1) is 29.7 Å². The van der Waals surface area contributed by atoms with Crippen LogP contribution < -0.4 is 10.6 Å². The van der Waals surface area contributed by atoms with E-state index in [4.69, 9.17) is 13.9 Å². The van der Waals surface area contributed by atoms with E-state index in [1.165, 1.54) is 18.0 Å². The van der Waals surface area contributed by atoms with Crippen LogP contribution in [-0.2, 0) is 14.3 Å². The zero-order valence-corrected chi connectivity index (χ0v) is 19.0. The first-order chi connectivity index (χ1) is 16.6. The minimum Gasteiger partial charge on any atom is -0.467 e. The van der Waals surface area contributed by atoms with Crippen molar-refractivity contribution >= 4 is 29.7 Å². The molecule has 2 N–H and O–H groups in total. The van der Waals surface area contributed by atoms with Crippen LogP contribution in [-0.4, -0.2) is 36.2 Å². The number of nitrogens with one attached hydrogen (secondary N) is 2. The van der Waals surface area contributed by atoms with Crippen molar-refractivity contribution in [2.24, 2.45) is 0 Å². The van der Waals surface area contributed by atoms with Gasteiger partial charge in [-0.05, 0) is 43.3 Å². The van der Waals surface area contributed by atoms with Crippen LogP contribution >= 0.6 is 11.8 Å². The summed E-state index contributed by atoms with van der Waals surface area (Å²) in [5.41, 5.74) is 0.463. The Kier molecular flexibility index (Phi) is 7.28. The smallest absolute Gasteiger partial charge is 0.341 e. The Morgan fingerprint density at radius 2 is 1.88 bits per heavy atom. The van der Waals surface area contributed by atoms with Crippen molar-refractivity contribution in [2.75, 3.05) is 13.2 Å². The zero-order chi connectivity index (χ0) is 23.9. The standard InChI is InChI=1S/C24H21N3O6S/c1-2-31-23(29)19-17(26-24(30)27-20(19)18-11-7-13-32-18)14-33-22(28)16-10-6-12-25-21(16)34-15-8-4-3-5-9-15/h3-13,20H,2,14H2,1H3,(H2,26,27,30). The summed E-state index contributed by atoms with van der Waals surface area (Å²) in [6.07, 6.45) is 3.02. The van der Waals surface area contributed by atoms with Crippen LogP contribution in [0, 0.1) is 0 Å². The molecule has 34 heavy (non-hydrogen) atoms. The first-order valence-corrected chi connectivity index (χ1v) is 11.2. The summed E-state index contributed by atoms with van der Waals surface area (Å²) in [4.78, 5) is 43.1. The number of ether oxygens (including phenoxy) is 2. The lowest BCUT2D eigenvalue weighted by molar-refractivity contribution is -0.139. The molecule has 0 radical (unpaired) electrons. The van der Waals surface area contributed by atoms with Gasteiger partial charge < -0.3 is 24.5 Å². The maximum atomic E-state index is 12.9. The Balaban J connectivity index is 1.58. The number of furan rings is 1. The van der Waals surface area contributed by atoms with Crippen LogP contribution in [0.15, 0.2) is 92.7 Å². The molecular weight excluding hydrogens is 458 g/mol. The minimum atomic E-state index is -0.890. The van der Waals surface area contributed by atoms with Crippen LogP contribution in [0.3, 0.4) is 0 Å². The topological polar surface area (TPSA) is 120 Å². The lowest BCUT2D eigenvalue weighted by atomic mass is 10.0. The van der Waals surface area contributed by atoms with Gasteiger partial charge >= 0.3 is 18.0 Å². The fourth-order valence-corrected chi connectivity index (χ4v) is 4.19. The predicted octanol–water partition coefficient (Wildman–Crippen LogP) is 3.85. The van der Waals surface area contributed by atoms with Gasteiger partial charge in [0.25, 0.3) is 0 Å². The zero-order valence-electron chi connectivity index (χ0n) is 18.1. The van der Waals surface area contributed by atoms with E-state index in [0.29, 0.717) is 10.8 Å². The van der Waals surface area contributed by atoms with Crippen LogP contribution in [0.5, 0.6) is 0 Å². The molecule has 3 aromatic rings. The van der Waals surface area contributed by atoms with Crippen LogP contribution in [0.1, 0.15) is 29.1 Å². The Bertz CT molecular complexity index is 1210. The van der Waals surface area contributed by atoms with Crippen molar-refractivity contribution in [3.8, 4) is 0 Å². The maximum Gasteiger partial charge on any atom is 0.341 e. The van der Waals surface area contributed by atoms with E-state index in [0.717, 1.165) is 4.90 Å². The number of rotatable bonds is 8. The highest BCUT2D eigenvalue weighted by Crippen LogP contribution is 2.30. The monoisotopic (exact) mass is 479 g/mol. The molecule has 10 heteroatoms. The number of hydrogen-bond acceptors (Lipinski definition) is 8. The van der Waals surface area contributed by atoms with Gasteiger partial charge in [0, 0.05) is 11.1 Å².